The van der Waals surface area contributed by atoms with Crippen molar-refractivity contribution in [2.45, 2.75) is 13.3 Å². The molecule has 5 nitrogen and oxygen atoms in total. The Bertz CT molecular complexity index is 224. The second-order valence-corrected chi connectivity index (χ2v) is 4.36. The van der Waals surface area contributed by atoms with Gasteiger partial charge in [0, 0.05) is 19.6 Å². The highest BCUT2D eigenvalue weighted by molar-refractivity contribution is 5.70. The summed E-state index contributed by atoms with van der Waals surface area (Å²) in [6, 6.07) is 0. The van der Waals surface area contributed by atoms with Gasteiger partial charge in [-0.15, -0.1) is 0 Å². The van der Waals surface area contributed by atoms with E-state index in [1.54, 1.807) is 6.92 Å². The van der Waals surface area contributed by atoms with Gasteiger partial charge in [0.1, 0.15) is 6.61 Å². The first-order chi connectivity index (χ1) is 8.22. The molecule has 0 aromatic rings. The Morgan fingerprint density at radius 1 is 1.24 bits per heavy atom. The number of hydrogen-bond donors (Lipinski definition) is 0. The molecule has 0 N–H and O–H groups in total. The van der Waals surface area contributed by atoms with Crippen LogP contribution in [0.5, 0.6) is 0 Å². The molecule has 0 aromatic carbocycles. The maximum atomic E-state index is 11.0. The second-order valence-electron chi connectivity index (χ2n) is 4.36. The molecule has 0 aliphatic carbocycles. The zero-order valence-corrected chi connectivity index (χ0v) is 11.0. The minimum absolute atomic E-state index is 0.0710. The van der Waals surface area contributed by atoms with Crippen molar-refractivity contribution in [3.8, 4) is 0 Å². The van der Waals surface area contributed by atoms with Gasteiger partial charge in [0.2, 0.25) is 0 Å². The van der Waals surface area contributed by atoms with Gasteiger partial charge < -0.3 is 14.4 Å². The van der Waals surface area contributed by atoms with E-state index in [2.05, 4.69) is 16.8 Å². The maximum Gasteiger partial charge on any atom is 0.332 e. The van der Waals surface area contributed by atoms with Crippen molar-refractivity contribution in [3.63, 3.8) is 0 Å². The van der Waals surface area contributed by atoms with E-state index in [1.807, 2.05) is 0 Å². The predicted octanol–water partition coefficient (Wildman–Crippen LogP) is 0.204. The molecule has 1 saturated heterocycles. The lowest BCUT2D eigenvalue weighted by Gasteiger charge is -2.19. The molecule has 100 valence electrons. The topological polar surface area (TPSA) is 42.0 Å². The van der Waals surface area contributed by atoms with E-state index < -0.39 is 0 Å². The van der Waals surface area contributed by atoms with Gasteiger partial charge in [0.15, 0.2) is 0 Å². The van der Waals surface area contributed by atoms with Gasteiger partial charge in [-0.1, -0.05) is 0 Å². The zero-order valence-electron chi connectivity index (χ0n) is 11.0. The lowest BCUT2D eigenvalue weighted by molar-refractivity contribution is -0.148. The van der Waals surface area contributed by atoms with Crippen molar-refractivity contribution < 1.29 is 14.3 Å². The average Bonchev–Trinajstić information content (AvgIpc) is 2.50. The Balaban J connectivity index is 2.04. The SMILES string of the molecule is CCOC(=O)COCCN1CCCN(C)CC1. The molecule has 0 spiro atoms. The third-order valence-corrected chi connectivity index (χ3v) is 2.89. The van der Waals surface area contributed by atoms with Gasteiger partial charge >= 0.3 is 5.97 Å². The highest BCUT2D eigenvalue weighted by Gasteiger charge is 2.11. The van der Waals surface area contributed by atoms with Crippen LogP contribution < -0.4 is 0 Å². The van der Waals surface area contributed by atoms with Crippen LogP contribution in [-0.2, 0) is 14.3 Å². The van der Waals surface area contributed by atoms with Gasteiger partial charge in [-0.3, -0.25) is 4.90 Å². The molecule has 1 aliphatic rings. The lowest BCUT2D eigenvalue weighted by Crippen LogP contribution is -2.32. The molecule has 1 aliphatic heterocycles. The van der Waals surface area contributed by atoms with E-state index in [-0.39, 0.29) is 12.6 Å². The first kappa shape index (κ1) is 14.4. The molecule has 5 heteroatoms. The zero-order chi connectivity index (χ0) is 12.5. The number of carbonyl (C=O) groups excluding carboxylic acids is 1. The smallest absolute Gasteiger partial charge is 0.332 e. The number of carbonyl (C=O) groups is 1. The van der Waals surface area contributed by atoms with Crippen LogP contribution in [0.4, 0.5) is 0 Å². The van der Waals surface area contributed by atoms with E-state index in [0.717, 1.165) is 26.2 Å². The molecule has 1 fully saturated rings. The first-order valence-corrected chi connectivity index (χ1v) is 6.36. The Morgan fingerprint density at radius 3 is 2.82 bits per heavy atom. The molecular formula is C12H24N2O3. The quantitative estimate of drug-likeness (QED) is 0.493. The number of hydrogen-bond acceptors (Lipinski definition) is 5. The van der Waals surface area contributed by atoms with Gasteiger partial charge in [0.25, 0.3) is 0 Å². The minimum Gasteiger partial charge on any atom is -0.464 e. The molecule has 1 rings (SSSR count). The van der Waals surface area contributed by atoms with Crippen molar-refractivity contribution in [1.29, 1.82) is 0 Å². The molecule has 0 bridgehead atoms. The van der Waals surface area contributed by atoms with Crippen LogP contribution >= 0.6 is 0 Å². The monoisotopic (exact) mass is 244 g/mol. The molecule has 0 unspecified atom stereocenters. The summed E-state index contributed by atoms with van der Waals surface area (Å²) in [7, 11) is 2.15. The van der Waals surface area contributed by atoms with Gasteiger partial charge in [-0.25, -0.2) is 4.79 Å². The van der Waals surface area contributed by atoms with Gasteiger partial charge in [-0.05, 0) is 33.5 Å². The van der Waals surface area contributed by atoms with Crippen LogP contribution in [0.3, 0.4) is 0 Å². The summed E-state index contributed by atoms with van der Waals surface area (Å²) in [6.45, 7) is 8.26. The van der Waals surface area contributed by atoms with Crippen LogP contribution in [0.1, 0.15) is 13.3 Å². The molecule has 1 heterocycles. The number of esters is 1. The number of ether oxygens (including phenoxy) is 2. The fraction of sp³-hybridized carbons (Fsp3) is 0.917. The fourth-order valence-corrected chi connectivity index (χ4v) is 1.88. The summed E-state index contributed by atoms with van der Waals surface area (Å²) in [4.78, 5) is 15.8. The summed E-state index contributed by atoms with van der Waals surface area (Å²) in [5.74, 6) is -0.275. The van der Waals surface area contributed by atoms with Crippen LogP contribution in [0.15, 0.2) is 0 Å². The normalized spacial score (nSPS) is 18.9. The Hall–Kier alpha value is -0.650. The van der Waals surface area contributed by atoms with Crippen molar-refractivity contribution in [1.82, 2.24) is 9.80 Å². The fourth-order valence-electron chi connectivity index (χ4n) is 1.88. The summed E-state index contributed by atoms with van der Waals surface area (Å²) >= 11 is 0. The van der Waals surface area contributed by atoms with Crippen LogP contribution in [0.2, 0.25) is 0 Å². The lowest BCUT2D eigenvalue weighted by atomic mass is 10.4. The van der Waals surface area contributed by atoms with Gasteiger partial charge in [-0.2, -0.15) is 0 Å². The summed E-state index contributed by atoms with van der Waals surface area (Å²) in [5.41, 5.74) is 0. The Morgan fingerprint density at radius 2 is 2.06 bits per heavy atom. The van der Waals surface area contributed by atoms with E-state index >= 15 is 0 Å². The van der Waals surface area contributed by atoms with E-state index in [4.69, 9.17) is 9.47 Å². The molecule has 0 amide bonds. The highest BCUT2D eigenvalue weighted by atomic mass is 16.6. The average molecular weight is 244 g/mol. The maximum absolute atomic E-state index is 11.0. The molecule has 0 radical (unpaired) electrons. The van der Waals surface area contributed by atoms with Crippen molar-refractivity contribution >= 4 is 5.97 Å². The standard InChI is InChI=1S/C12H24N2O3/c1-3-17-12(15)11-16-10-9-14-6-4-5-13(2)7-8-14/h3-11H2,1-2H3. The summed E-state index contributed by atoms with van der Waals surface area (Å²) in [5, 5.41) is 0. The van der Waals surface area contributed by atoms with Crippen LogP contribution in [0, 0.1) is 0 Å². The number of rotatable bonds is 6. The van der Waals surface area contributed by atoms with E-state index in [0.29, 0.717) is 13.2 Å². The Labute approximate surface area is 104 Å². The summed E-state index contributed by atoms with van der Waals surface area (Å²) < 4.78 is 10.1. The molecule has 0 aromatic heterocycles. The largest absolute Gasteiger partial charge is 0.464 e. The number of nitrogens with zero attached hydrogens (tertiary/aromatic N) is 2. The van der Waals surface area contributed by atoms with Crippen molar-refractivity contribution in [3.05, 3.63) is 0 Å². The van der Waals surface area contributed by atoms with Crippen molar-refractivity contribution in [2.24, 2.45) is 0 Å². The predicted molar refractivity (Wildman–Crippen MR) is 66.0 cm³/mol. The third-order valence-electron chi connectivity index (χ3n) is 2.89. The molecule has 17 heavy (non-hydrogen) atoms. The van der Waals surface area contributed by atoms with Gasteiger partial charge in [0.05, 0.1) is 13.2 Å². The highest BCUT2D eigenvalue weighted by Crippen LogP contribution is 2.00. The summed E-state index contributed by atoms with van der Waals surface area (Å²) in [6.07, 6.45) is 1.20. The van der Waals surface area contributed by atoms with Crippen LogP contribution in [0.25, 0.3) is 0 Å². The molecule has 0 saturated carbocycles. The first-order valence-electron chi connectivity index (χ1n) is 6.36. The molecule has 0 atom stereocenters. The van der Waals surface area contributed by atoms with Crippen LogP contribution in [-0.4, -0.2) is 75.4 Å². The van der Waals surface area contributed by atoms with Crippen molar-refractivity contribution in [2.75, 3.05) is 59.6 Å². The third kappa shape index (κ3) is 6.61. The Kier molecular flexibility index (Phi) is 7.16. The van der Waals surface area contributed by atoms with E-state index in [9.17, 15) is 4.79 Å². The van der Waals surface area contributed by atoms with E-state index in [1.165, 1.54) is 13.0 Å². The molecular weight excluding hydrogens is 220 g/mol. The minimum atomic E-state index is -0.275. The number of likely N-dealkylation sites (N-methyl/N-ethyl adjacent to an activating group) is 1. The second kappa shape index (κ2) is 8.44.